The summed E-state index contributed by atoms with van der Waals surface area (Å²) in [6.07, 6.45) is 6.48. The van der Waals surface area contributed by atoms with Crippen LogP contribution in [0.4, 0.5) is 5.69 Å². The summed E-state index contributed by atoms with van der Waals surface area (Å²) in [4.78, 5) is 0. The summed E-state index contributed by atoms with van der Waals surface area (Å²) in [6.45, 7) is 2.10. The van der Waals surface area contributed by atoms with Crippen molar-refractivity contribution in [3.8, 4) is 6.07 Å². The molecule has 2 heteroatoms. The molecule has 1 aromatic carbocycles. The number of nitrogens with zero attached hydrogens (tertiary/aromatic N) is 1. The molecule has 1 aromatic rings. The minimum atomic E-state index is -0.303. The van der Waals surface area contributed by atoms with Crippen LogP contribution in [0.3, 0.4) is 0 Å². The molecular formula is C18H22N2. The van der Waals surface area contributed by atoms with E-state index < -0.39 is 0 Å². The fourth-order valence-electron chi connectivity index (χ4n) is 5.22. The van der Waals surface area contributed by atoms with E-state index in [0.29, 0.717) is 11.8 Å². The first-order valence-corrected chi connectivity index (χ1v) is 7.95. The van der Waals surface area contributed by atoms with E-state index in [1.54, 1.807) is 0 Å². The lowest BCUT2D eigenvalue weighted by molar-refractivity contribution is -0.0206. The van der Waals surface area contributed by atoms with Gasteiger partial charge in [0.2, 0.25) is 0 Å². The number of aryl methyl sites for hydroxylation is 1. The molecule has 0 unspecified atom stereocenters. The number of benzene rings is 1. The first-order valence-electron chi connectivity index (χ1n) is 7.95. The highest BCUT2D eigenvalue weighted by Gasteiger charge is 2.57. The smallest absolute Gasteiger partial charge is 0.131 e. The fourth-order valence-corrected chi connectivity index (χ4v) is 5.22. The minimum Gasteiger partial charge on any atom is -0.367 e. The Labute approximate surface area is 121 Å². The fraction of sp³-hybridized carbons (Fsp3) is 0.611. The van der Waals surface area contributed by atoms with Crippen LogP contribution in [0.25, 0.3) is 0 Å². The molecule has 4 fully saturated rings. The van der Waals surface area contributed by atoms with E-state index in [4.69, 9.17) is 0 Å². The second-order valence-corrected chi connectivity index (χ2v) is 7.28. The van der Waals surface area contributed by atoms with Crippen molar-refractivity contribution in [2.45, 2.75) is 44.6 Å². The molecule has 1 N–H and O–H groups in total. The van der Waals surface area contributed by atoms with Crippen molar-refractivity contribution in [2.75, 3.05) is 5.32 Å². The summed E-state index contributed by atoms with van der Waals surface area (Å²) in [5, 5.41) is 13.6. The van der Waals surface area contributed by atoms with Crippen LogP contribution in [-0.4, -0.2) is 5.54 Å². The summed E-state index contributed by atoms with van der Waals surface area (Å²) < 4.78 is 0. The van der Waals surface area contributed by atoms with Gasteiger partial charge in [0, 0.05) is 5.69 Å². The van der Waals surface area contributed by atoms with Crippen LogP contribution in [0.1, 0.15) is 37.7 Å². The molecule has 0 spiro atoms. The molecule has 104 valence electrons. The van der Waals surface area contributed by atoms with Crippen molar-refractivity contribution in [1.82, 2.24) is 0 Å². The molecule has 4 aliphatic rings. The first kappa shape index (κ1) is 12.3. The lowest BCUT2D eigenvalue weighted by atomic mass is 9.49. The highest BCUT2D eigenvalue weighted by Crippen LogP contribution is 2.58. The number of nitriles is 1. The van der Waals surface area contributed by atoms with Gasteiger partial charge in [-0.1, -0.05) is 17.7 Å². The highest BCUT2D eigenvalue weighted by molar-refractivity contribution is 5.50. The van der Waals surface area contributed by atoms with Crippen LogP contribution >= 0.6 is 0 Å². The molecule has 0 aromatic heterocycles. The summed E-state index contributed by atoms with van der Waals surface area (Å²) in [5.41, 5.74) is 2.08. The van der Waals surface area contributed by atoms with Crippen LogP contribution in [0.15, 0.2) is 24.3 Å². The third-order valence-corrected chi connectivity index (χ3v) is 6.01. The Morgan fingerprint density at radius 3 is 2.05 bits per heavy atom. The summed E-state index contributed by atoms with van der Waals surface area (Å²) >= 11 is 0. The number of nitrogens with one attached hydrogen (secondary N) is 1. The molecule has 20 heavy (non-hydrogen) atoms. The Hall–Kier alpha value is -1.49. The predicted molar refractivity (Wildman–Crippen MR) is 80.2 cm³/mol. The van der Waals surface area contributed by atoms with E-state index in [0.717, 1.165) is 17.5 Å². The minimum absolute atomic E-state index is 0.303. The number of hydrogen-bond acceptors (Lipinski definition) is 2. The van der Waals surface area contributed by atoms with Gasteiger partial charge in [-0.3, -0.25) is 0 Å². The zero-order valence-corrected chi connectivity index (χ0v) is 12.1. The third kappa shape index (κ3) is 1.69. The van der Waals surface area contributed by atoms with Gasteiger partial charge in [-0.2, -0.15) is 5.26 Å². The van der Waals surface area contributed by atoms with Gasteiger partial charge in [0.15, 0.2) is 0 Å². The first-order chi connectivity index (χ1) is 9.69. The Bertz CT molecular complexity index is 524. The monoisotopic (exact) mass is 266 g/mol. The van der Waals surface area contributed by atoms with E-state index in [-0.39, 0.29) is 5.54 Å². The van der Waals surface area contributed by atoms with Gasteiger partial charge in [-0.05, 0) is 74.8 Å². The normalized spacial score (nSPS) is 41.4. The van der Waals surface area contributed by atoms with Crippen molar-refractivity contribution >= 4 is 5.69 Å². The number of hydrogen-bond donors (Lipinski definition) is 1. The van der Waals surface area contributed by atoms with Gasteiger partial charge in [0.1, 0.15) is 5.54 Å². The van der Waals surface area contributed by atoms with Crippen LogP contribution in [-0.2, 0) is 0 Å². The SMILES string of the molecule is Cc1ccc(NC2(C#N)[C@H]3C[C@@H]4C[C@@H](C[C@H]2C4)C3)cc1. The largest absolute Gasteiger partial charge is 0.367 e. The number of anilines is 1. The molecule has 0 heterocycles. The van der Waals surface area contributed by atoms with Gasteiger partial charge in [-0.15, -0.1) is 0 Å². The van der Waals surface area contributed by atoms with Crippen molar-refractivity contribution in [3.63, 3.8) is 0 Å². The van der Waals surface area contributed by atoms with E-state index in [9.17, 15) is 5.26 Å². The molecule has 2 nitrogen and oxygen atoms in total. The van der Waals surface area contributed by atoms with Crippen LogP contribution in [0.5, 0.6) is 0 Å². The zero-order valence-electron chi connectivity index (χ0n) is 12.1. The highest BCUT2D eigenvalue weighted by atomic mass is 15.0. The topological polar surface area (TPSA) is 35.8 Å². The molecule has 0 amide bonds. The van der Waals surface area contributed by atoms with E-state index >= 15 is 0 Å². The van der Waals surface area contributed by atoms with E-state index in [2.05, 4.69) is 42.6 Å². The van der Waals surface area contributed by atoms with Gasteiger partial charge < -0.3 is 5.32 Å². The maximum Gasteiger partial charge on any atom is 0.131 e. The van der Waals surface area contributed by atoms with Crippen LogP contribution in [0, 0.1) is 41.9 Å². The maximum atomic E-state index is 9.95. The maximum absolute atomic E-state index is 9.95. The third-order valence-electron chi connectivity index (χ3n) is 6.01. The molecule has 0 radical (unpaired) electrons. The molecule has 4 aliphatic carbocycles. The molecule has 4 saturated carbocycles. The second kappa shape index (κ2) is 4.25. The quantitative estimate of drug-likeness (QED) is 0.873. The lowest BCUT2D eigenvalue weighted by Gasteiger charge is -2.58. The molecule has 5 rings (SSSR count). The summed E-state index contributed by atoms with van der Waals surface area (Å²) in [6, 6.07) is 11.2. The molecular weight excluding hydrogens is 244 g/mol. The van der Waals surface area contributed by atoms with E-state index in [1.165, 1.54) is 37.7 Å². The molecule has 0 aliphatic heterocycles. The average Bonchev–Trinajstić information content (AvgIpc) is 2.44. The van der Waals surface area contributed by atoms with Gasteiger partial charge >= 0.3 is 0 Å². The number of rotatable bonds is 2. The lowest BCUT2D eigenvalue weighted by Crippen LogP contribution is -2.61. The standard InChI is InChI=1S/C18H22N2/c1-12-2-4-17(5-3-12)20-18(11-19)15-7-13-6-14(9-15)10-16(18)8-13/h2-5,13-16,20H,6-10H2,1H3/t13-,14+,15-,16+,18?. The zero-order chi connectivity index (χ0) is 13.7. The molecule has 0 saturated heterocycles. The van der Waals surface area contributed by atoms with Crippen molar-refractivity contribution < 1.29 is 0 Å². The Kier molecular flexibility index (Phi) is 2.61. The second-order valence-electron chi connectivity index (χ2n) is 7.28. The van der Waals surface area contributed by atoms with Gasteiger partial charge in [0.05, 0.1) is 6.07 Å². The van der Waals surface area contributed by atoms with Crippen LogP contribution < -0.4 is 5.32 Å². The van der Waals surface area contributed by atoms with Gasteiger partial charge in [0.25, 0.3) is 0 Å². The Morgan fingerprint density at radius 1 is 1.00 bits per heavy atom. The Morgan fingerprint density at radius 2 is 1.55 bits per heavy atom. The van der Waals surface area contributed by atoms with Crippen LogP contribution in [0.2, 0.25) is 0 Å². The summed E-state index contributed by atoms with van der Waals surface area (Å²) in [5.74, 6) is 2.92. The molecule has 0 atom stereocenters. The van der Waals surface area contributed by atoms with Crippen molar-refractivity contribution in [2.24, 2.45) is 23.7 Å². The van der Waals surface area contributed by atoms with Crippen molar-refractivity contribution in [3.05, 3.63) is 29.8 Å². The Balaban J connectivity index is 1.66. The van der Waals surface area contributed by atoms with Gasteiger partial charge in [-0.25, -0.2) is 0 Å². The summed E-state index contributed by atoms with van der Waals surface area (Å²) in [7, 11) is 0. The van der Waals surface area contributed by atoms with E-state index in [1.807, 2.05) is 0 Å². The predicted octanol–water partition coefficient (Wildman–Crippen LogP) is 4.13. The van der Waals surface area contributed by atoms with Crippen molar-refractivity contribution in [1.29, 1.82) is 5.26 Å². The molecule has 4 bridgehead atoms. The average molecular weight is 266 g/mol.